The van der Waals surface area contributed by atoms with Crippen molar-refractivity contribution in [2.45, 2.75) is 39.0 Å². The Bertz CT molecular complexity index is 493. The molecule has 0 radical (unpaired) electrons. The van der Waals surface area contributed by atoms with Gasteiger partial charge in [-0.1, -0.05) is 39.0 Å². The summed E-state index contributed by atoms with van der Waals surface area (Å²) in [6.45, 7) is 6.61. The molecule has 0 aliphatic rings. The Kier molecular flexibility index (Phi) is 3.79. The molecule has 1 unspecified atom stereocenters. The molecule has 2 aromatic rings. The Labute approximate surface area is 113 Å². The van der Waals surface area contributed by atoms with Gasteiger partial charge in [0.1, 0.15) is 0 Å². The van der Waals surface area contributed by atoms with Gasteiger partial charge in [-0.15, -0.1) is 22.9 Å². The molecule has 0 saturated carbocycles. The van der Waals surface area contributed by atoms with Gasteiger partial charge < -0.3 is 0 Å². The fourth-order valence-electron chi connectivity index (χ4n) is 1.94. The van der Waals surface area contributed by atoms with E-state index in [1.807, 2.05) is 11.3 Å². The Morgan fingerprint density at radius 1 is 1.24 bits per heavy atom. The van der Waals surface area contributed by atoms with Gasteiger partial charge >= 0.3 is 0 Å². The lowest BCUT2D eigenvalue weighted by molar-refractivity contribution is 0.374. The summed E-state index contributed by atoms with van der Waals surface area (Å²) < 4.78 is 1.38. The van der Waals surface area contributed by atoms with E-state index in [0.29, 0.717) is 0 Å². The number of fused-ring (bicyclic) bond motifs is 1. The second-order valence-electron chi connectivity index (χ2n) is 5.63. The van der Waals surface area contributed by atoms with Crippen LogP contribution in [0.1, 0.15) is 32.8 Å². The van der Waals surface area contributed by atoms with Crippen LogP contribution in [0.4, 0.5) is 0 Å². The van der Waals surface area contributed by atoms with Crippen LogP contribution in [0.25, 0.3) is 10.1 Å². The van der Waals surface area contributed by atoms with Crippen LogP contribution < -0.4 is 0 Å². The smallest absolute Gasteiger partial charge is 0.0387 e. The third kappa shape index (κ3) is 3.02. The van der Waals surface area contributed by atoms with Gasteiger partial charge in [0.2, 0.25) is 0 Å². The largest absolute Gasteiger partial charge is 0.144 e. The zero-order valence-corrected chi connectivity index (χ0v) is 12.2. The lowest BCUT2D eigenvalue weighted by Crippen LogP contribution is -2.21. The molecule has 0 nitrogen and oxygen atoms in total. The second kappa shape index (κ2) is 4.99. The van der Waals surface area contributed by atoms with Crippen LogP contribution in [0, 0.1) is 5.41 Å². The third-order valence-electron chi connectivity index (χ3n) is 3.17. The number of halogens is 1. The minimum atomic E-state index is 0.188. The van der Waals surface area contributed by atoms with E-state index in [2.05, 4.69) is 50.4 Å². The predicted octanol–water partition coefficient (Wildman–Crippen LogP) is 5.49. The summed E-state index contributed by atoms with van der Waals surface area (Å²) in [5.41, 5.74) is 1.63. The van der Waals surface area contributed by atoms with Crippen LogP contribution in [0.3, 0.4) is 0 Å². The van der Waals surface area contributed by atoms with Crippen molar-refractivity contribution in [2.75, 3.05) is 0 Å². The fraction of sp³-hybridized carbons (Fsp3) is 0.467. The van der Waals surface area contributed by atoms with Crippen molar-refractivity contribution in [3.8, 4) is 0 Å². The average molecular weight is 267 g/mol. The van der Waals surface area contributed by atoms with Crippen molar-refractivity contribution in [2.24, 2.45) is 5.41 Å². The molecular formula is C15H19ClS. The van der Waals surface area contributed by atoms with E-state index in [0.717, 1.165) is 12.8 Å². The molecule has 0 spiro atoms. The summed E-state index contributed by atoms with van der Waals surface area (Å²) in [6, 6.07) is 8.61. The van der Waals surface area contributed by atoms with E-state index in [4.69, 9.17) is 11.6 Å². The van der Waals surface area contributed by atoms with Crippen molar-refractivity contribution >= 4 is 33.0 Å². The van der Waals surface area contributed by atoms with E-state index in [1.54, 1.807) is 0 Å². The number of hydrogen-bond acceptors (Lipinski definition) is 1. The number of hydrogen-bond donors (Lipinski definition) is 0. The first-order valence-electron chi connectivity index (χ1n) is 6.07. The molecule has 1 atom stereocenters. The molecule has 0 fully saturated rings. The molecule has 1 heterocycles. The van der Waals surface area contributed by atoms with E-state index < -0.39 is 0 Å². The molecule has 0 saturated heterocycles. The molecule has 1 aromatic carbocycles. The first-order chi connectivity index (χ1) is 7.98. The predicted molar refractivity (Wildman–Crippen MR) is 79.2 cm³/mol. The molecule has 2 rings (SSSR count). The van der Waals surface area contributed by atoms with Crippen LogP contribution in [-0.2, 0) is 6.42 Å². The highest BCUT2D eigenvalue weighted by atomic mass is 35.5. The highest BCUT2D eigenvalue weighted by Gasteiger charge is 2.22. The van der Waals surface area contributed by atoms with Gasteiger partial charge in [-0.2, -0.15) is 0 Å². The van der Waals surface area contributed by atoms with Crippen LogP contribution in [0.5, 0.6) is 0 Å². The van der Waals surface area contributed by atoms with Gasteiger partial charge in [0.25, 0.3) is 0 Å². The molecule has 17 heavy (non-hydrogen) atoms. The first kappa shape index (κ1) is 12.9. The molecular weight excluding hydrogens is 248 g/mol. The van der Waals surface area contributed by atoms with E-state index in [-0.39, 0.29) is 10.8 Å². The lowest BCUT2D eigenvalue weighted by atomic mass is 9.88. The minimum Gasteiger partial charge on any atom is -0.144 e. The van der Waals surface area contributed by atoms with Gasteiger partial charge in [0.05, 0.1) is 0 Å². The van der Waals surface area contributed by atoms with Crippen molar-refractivity contribution in [3.05, 3.63) is 35.2 Å². The molecule has 0 amide bonds. The summed E-state index contributed by atoms with van der Waals surface area (Å²) in [5.74, 6) is 0. The maximum absolute atomic E-state index is 6.43. The number of aryl methyl sites for hydroxylation is 1. The van der Waals surface area contributed by atoms with Crippen LogP contribution in [0.2, 0.25) is 0 Å². The van der Waals surface area contributed by atoms with Crippen molar-refractivity contribution in [1.29, 1.82) is 0 Å². The standard InChI is InChI=1S/C15H19ClS/c1-15(2,3)14(16)9-8-11-10-17-13-7-5-4-6-12(11)13/h4-7,10,14H,8-9H2,1-3H3. The fourth-order valence-corrected chi connectivity index (χ4v) is 3.05. The van der Waals surface area contributed by atoms with Gasteiger partial charge in [0, 0.05) is 10.1 Å². The Balaban J connectivity index is 2.09. The number of thiophene rings is 1. The molecule has 0 N–H and O–H groups in total. The molecule has 0 aliphatic heterocycles. The van der Waals surface area contributed by atoms with E-state index in [9.17, 15) is 0 Å². The number of alkyl halides is 1. The normalized spacial score (nSPS) is 14.1. The topological polar surface area (TPSA) is 0 Å². The molecule has 92 valence electrons. The van der Waals surface area contributed by atoms with Crippen LogP contribution in [0.15, 0.2) is 29.6 Å². The summed E-state index contributed by atoms with van der Waals surface area (Å²) >= 11 is 8.26. The summed E-state index contributed by atoms with van der Waals surface area (Å²) in [6.07, 6.45) is 2.13. The molecule has 1 aromatic heterocycles. The zero-order valence-electron chi connectivity index (χ0n) is 10.7. The summed E-state index contributed by atoms with van der Waals surface area (Å²) in [4.78, 5) is 0. The van der Waals surface area contributed by atoms with Crippen LogP contribution >= 0.6 is 22.9 Å². The van der Waals surface area contributed by atoms with E-state index in [1.165, 1.54) is 15.6 Å². The average Bonchev–Trinajstić information content (AvgIpc) is 2.68. The first-order valence-corrected chi connectivity index (χ1v) is 7.39. The maximum Gasteiger partial charge on any atom is 0.0387 e. The van der Waals surface area contributed by atoms with Crippen molar-refractivity contribution in [1.82, 2.24) is 0 Å². The van der Waals surface area contributed by atoms with Crippen LogP contribution in [-0.4, -0.2) is 5.38 Å². The highest BCUT2D eigenvalue weighted by Crippen LogP contribution is 2.31. The number of benzene rings is 1. The molecule has 0 bridgehead atoms. The SMILES string of the molecule is CC(C)(C)C(Cl)CCc1csc2ccccc12. The summed E-state index contributed by atoms with van der Waals surface area (Å²) in [7, 11) is 0. The maximum atomic E-state index is 6.43. The highest BCUT2D eigenvalue weighted by molar-refractivity contribution is 7.17. The lowest BCUT2D eigenvalue weighted by Gasteiger charge is -2.24. The number of rotatable bonds is 3. The van der Waals surface area contributed by atoms with Gasteiger partial charge in [0.15, 0.2) is 0 Å². The van der Waals surface area contributed by atoms with Gasteiger partial charge in [-0.05, 0) is 40.7 Å². The quantitative estimate of drug-likeness (QED) is 0.645. The molecule has 0 aliphatic carbocycles. The monoisotopic (exact) mass is 266 g/mol. The van der Waals surface area contributed by atoms with Crippen molar-refractivity contribution < 1.29 is 0 Å². The van der Waals surface area contributed by atoms with E-state index >= 15 is 0 Å². The Morgan fingerprint density at radius 3 is 2.65 bits per heavy atom. The van der Waals surface area contributed by atoms with Crippen molar-refractivity contribution in [3.63, 3.8) is 0 Å². The van der Waals surface area contributed by atoms with Gasteiger partial charge in [-0.3, -0.25) is 0 Å². The molecule has 2 heteroatoms. The Morgan fingerprint density at radius 2 is 1.94 bits per heavy atom. The third-order valence-corrected chi connectivity index (χ3v) is 5.05. The minimum absolute atomic E-state index is 0.188. The van der Waals surface area contributed by atoms with Gasteiger partial charge in [-0.25, -0.2) is 0 Å². The Hall–Kier alpha value is -0.530. The second-order valence-corrected chi connectivity index (χ2v) is 7.07. The zero-order chi connectivity index (χ0) is 12.5. The summed E-state index contributed by atoms with van der Waals surface area (Å²) in [5, 5.41) is 3.91.